The zero-order valence-corrected chi connectivity index (χ0v) is 38.4. The van der Waals surface area contributed by atoms with Gasteiger partial charge >= 0.3 is 19.8 Å². The second-order valence-electron chi connectivity index (χ2n) is 16.2. The Kier molecular flexibility index (Phi) is 34.2. The van der Waals surface area contributed by atoms with Crippen molar-refractivity contribution in [2.24, 2.45) is 0 Å². The van der Waals surface area contributed by atoms with Crippen LogP contribution >= 0.6 is 7.82 Å². The van der Waals surface area contributed by atoms with Crippen molar-refractivity contribution < 1.29 is 68.2 Å². The Morgan fingerprint density at radius 1 is 0.565 bits per heavy atom. The van der Waals surface area contributed by atoms with Gasteiger partial charge in [0.1, 0.15) is 43.2 Å². The number of esters is 2. The minimum Gasteiger partial charge on any atom is -0.462 e. The molecular weight excluding hydrogens is 819 g/mol. The lowest BCUT2D eigenvalue weighted by Crippen LogP contribution is -2.64. The Hall–Kier alpha value is -2.49. The number of carbonyl (C=O) groups is 2. The Morgan fingerprint density at radius 2 is 1.00 bits per heavy atom. The summed E-state index contributed by atoms with van der Waals surface area (Å²) in [6.07, 6.45) is 28.4. The molecule has 1 rings (SSSR count). The van der Waals surface area contributed by atoms with Crippen molar-refractivity contribution in [1.29, 1.82) is 0 Å². The van der Waals surface area contributed by atoms with Crippen molar-refractivity contribution in [2.45, 2.75) is 210 Å². The van der Waals surface area contributed by atoms with E-state index in [1.165, 1.54) is 38.5 Å². The van der Waals surface area contributed by atoms with Gasteiger partial charge in [-0.25, -0.2) is 4.57 Å². The van der Waals surface area contributed by atoms with Crippen LogP contribution in [0.1, 0.15) is 162 Å². The van der Waals surface area contributed by atoms with E-state index in [4.69, 9.17) is 18.5 Å². The number of allylic oxidation sites excluding steroid dienone is 10. The number of hydrogen-bond acceptors (Lipinski definition) is 13. The van der Waals surface area contributed by atoms with Gasteiger partial charge in [-0.2, -0.15) is 0 Å². The molecule has 0 spiro atoms. The van der Waals surface area contributed by atoms with E-state index in [0.29, 0.717) is 19.3 Å². The standard InChI is InChI=1S/C47H81O14P/c1-3-4-5-6-7-8-9-10-12-17-20-23-26-29-32-35-41(50)60-39(37-59-62(56,57)61-47-45(54)43(52)42(51)44(53)46(47)55)36-58-40(49)34-31-28-25-22-19-16-14-11-13-15-18-21-24-27-30-33-38(2)48/h10,12-16,21-22,24-25,38-39,42-48,51-55H,3-9,11,17-20,23,26-37H2,1-2H3,(H,56,57)/b12-10-,15-13-,16-14-,24-21-,25-22-/t38-,39-,42?,43-,44+,45-,46-,47?/m1/s1. The summed E-state index contributed by atoms with van der Waals surface area (Å²) in [5, 5.41) is 59.4. The second kappa shape index (κ2) is 36.8. The van der Waals surface area contributed by atoms with E-state index in [1.807, 2.05) is 12.2 Å². The minimum atomic E-state index is -5.14. The number of unbranched alkanes of at least 4 members (excludes halogenated alkanes) is 13. The van der Waals surface area contributed by atoms with Crippen molar-refractivity contribution >= 4 is 19.8 Å². The summed E-state index contributed by atoms with van der Waals surface area (Å²) in [6.45, 7) is 2.78. The third-order valence-electron chi connectivity index (χ3n) is 10.3. The minimum absolute atomic E-state index is 0.0666. The Bertz CT molecular complexity index is 1330. The van der Waals surface area contributed by atoms with E-state index >= 15 is 0 Å². The summed E-state index contributed by atoms with van der Waals surface area (Å²) >= 11 is 0. The van der Waals surface area contributed by atoms with Gasteiger partial charge in [0.15, 0.2) is 6.10 Å². The lowest BCUT2D eigenvalue weighted by atomic mass is 9.85. The molecule has 1 aliphatic rings. The molecule has 0 aromatic heterocycles. The fraction of sp³-hybridized carbons (Fsp3) is 0.745. The SMILES string of the molecule is CCCCCCCC/C=C\CCCCCCCC(=O)O[C@H](COC(=O)CCC/C=C\C/C=C\C/C=C\C/C=C\CCC[C@@H](C)O)COP(=O)(O)OC1[C@H](O)[C@H](O)C(O)[C@H](O)[C@H]1O. The molecule has 358 valence electrons. The molecule has 1 fully saturated rings. The Morgan fingerprint density at radius 3 is 1.55 bits per heavy atom. The molecule has 14 nitrogen and oxygen atoms in total. The second-order valence-corrected chi connectivity index (χ2v) is 17.6. The normalized spacial score (nSPS) is 22.9. The highest BCUT2D eigenvalue weighted by Gasteiger charge is 2.51. The molecule has 0 amide bonds. The molecule has 0 aromatic rings. The molecule has 9 atom stereocenters. The van der Waals surface area contributed by atoms with Gasteiger partial charge in [-0.1, -0.05) is 119 Å². The molecule has 62 heavy (non-hydrogen) atoms. The Labute approximate surface area is 371 Å². The molecule has 1 aliphatic carbocycles. The highest BCUT2D eigenvalue weighted by atomic mass is 31.2. The highest BCUT2D eigenvalue weighted by molar-refractivity contribution is 7.47. The number of ether oxygens (including phenoxy) is 2. The fourth-order valence-corrected chi connectivity index (χ4v) is 7.56. The maximum atomic E-state index is 12.8. The monoisotopic (exact) mass is 901 g/mol. The Balaban J connectivity index is 2.51. The van der Waals surface area contributed by atoms with Crippen LogP contribution in [0.25, 0.3) is 0 Å². The van der Waals surface area contributed by atoms with Crippen LogP contribution in [-0.2, 0) is 32.7 Å². The zero-order chi connectivity index (χ0) is 45.9. The number of aliphatic hydroxyl groups is 6. The number of hydrogen-bond donors (Lipinski definition) is 7. The van der Waals surface area contributed by atoms with Crippen LogP contribution in [0.2, 0.25) is 0 Å². The van der Waals surface area contributed by atoms with Crippen LogP contribution < -0.4 is 0 Å². The topological polar surface area (TPSA) is 230 Å². The summed E-state index contributed by atoms with van der Waals surface area (Å²) in [5.74, 6) is -1.20. The largest absolute Gasteiger partial charge is 0.472 e. The average Bonchev–Trinajstić information content (AvgIpc) is 3.24. The van der Waals surface area contributed by atoms with Gasteiger partial charge in [0.25, 0.3) is 0 Å². The molecule has 15 heteroatoms. The number of rotatable bonds is 37. The summed E-state index contributed by atoms with van der Waals surface area (Å²) in [7, 11) is -5.14. The molecule has 0 heterocycles. The maximum absolute atomic E-state index is 12.8. The first-order chi connectivity index (χ1) is 29.8. The number of aliphatic hydroxyl groups excluding tert-OH is 6. The van der Waals surface area contributed by atoms with E-state index in [1.54, 1.807) is 6.92 Å². The summed E-state index contributed by atoms with van der Waals surface area (Å²) in [4.78, 5) is 35.7. The van der Waals surface area contributed by atoms with Gasteiger partial charge in [-0.15, -0.1) is 0 Å². The van der Waals surface area contributed by atoms with Crippen molar-refractivity contribution in [2.75, 3.05) is 13.2 Å². The van der Waals surface area contributed by atoms with E-state index in [9.17, 15) is 49.7 Å². The molecule has 0 aromatic carbocycles. The first-order valence-electron chi connectivity index (χ1n) is 23.1. The predicted octanol–water partition coefficient (Wildman–Crippen LogP) is 7.92. The first kappa shape index (κ1) is 57.5. The van der Waals surface area contributed by atoms with Crippen molar-refractivity contribution in [3.63, 3.8) is 0 Å². The predicted molar refractivity (Wildman–Crippen MR) is 241 cm³/mol. The molecule has 7 N–H and O–H groups in total. The van der Waals surface area contributed by atoms with E-state index in [-0.39, 0.29) is 18.9 Å². The van der Waals surface area contributed by atoms with Crippen molar-refractivity contribution in [3.8, 4) is 0 Å². The molecule has 0 radical (unpaired) electrons. The van der Waals surface area contributed by atoms with Crippen LogP contribution in [0.3, 0.4) is 0 Å². The number of carbonyl (C=O) groups excluding carboxylic acids is 2. The van der Waals surface area contributed by atoms with Gasteiger partial charge in [-0.05, 0) is 90.4 Å². The van der Waals surface area contributed by atoms with Crippen LogP contribution in [0.15, 0.2) is 60.8 Å². The molecule has 3 unspecified atom stereocenters. The zero-order valence-electron chi connectivity index (χ0n) is 37.5. The van der Waals surface area contributed by atoms with Crippen LogP contribution in [0.4, 0.5) is 0 Å². The van der Waals surface area contributed by atoms with E-state index in [0.717, 1.165) is 77.0 Å². The van der Waals surface area contributed by atoms with Crippen molar-refractivity contribution in [1.82, 2.24) is 0 Å². The molecule has 1 saturated carbocycles. The van der Waals surface area contributed by atoms with Crippen molar-refractivity contribution in [3.05, 3.63) is 60.8 Å². The first-order valence-corrected chi connectivity index (χ1v) is 24.6. The van der Waals surface area contributed by atoms with Crippen LogP contribution in [0.5, 0.6) is 0 Å². The lowest BCUT2D eigenvalue weighted by Gasteiger charge is -2.41. The molecule has 0 bridgehead atoms. The number of phosphoric ester groups is 1. The van der Waals surface area contributed by atoms with Gasteiger partial charge < -0.3 is 45.0 Å². The van der Waals surface area contributed by atoms with Gasteiger partial charge in [0.05, 0.1) is 12.7 Å². The smallest absolute Gasteiger partial charge is 0.462 e. The van der Waals surface area contributed by atoms with Gasteiger partial charge in [0.2, 0.25) is 0 Å². The third-order valence-corrected chi connectivity index (χ3v) is 11.3. The number of phosphoric acid groups is 1. The summed E-state index contributed by atoms with van der Waals surface area (Å²) in [6, 6.07) is 0. The molecule has 0 saturated heterocycles. The lowest BCUT2D eigenvalue weighted by molar-refractivity contribution is -0.220. The van der Waals surface area contributed by atoms with E-state index < -0.39 is 75.7 Å². The van der Waals surface area contributed by atoms with E-state index in [2.05, 4.69) is 55.5 Å². The molecular formula is C47H81O14P. The summed E-state index contributed by atoms with van der Waals surface area (Å²) < 4.78 is 33.4. The average molecular weight is 901 g/mol. The maximum Gasteiger partial charge on any atom is 0.472 e. The quantitative estimate of drug-likeness (QED) is 0.0136. The van der Waals surface area contributed by atoms with Crippen LogP contribution in [0, 0.1) is 0 Å². The third kappa shape index (κ3) is 29.8. The van der Waals surface area contributed by atoms with Crippen LogP contribution in [-0.4, -0.2) is 110 Å². The highest BCUT2D eigenvalue weighted by Crippen LogP contribution is 2.47. The fourth-order valence-electron chi connectivity index (χ4n) is 6.59. The van der Waals surface area contributed by atoms with Gasteiger partial charge in [-0.3, -0.25) is 18.6 Å². The van der Waals surface area contributed by atoms with Gasteiger partial charge in [0, 0.05) is 12.8 Å². The molecule has 0 aliphatic heterocycles. The summed E-state index contributed by atoms with van der Waals surface area (Å²) in [5.41, 5.74) is 0.